The molecule has 1 saturated carbocycles. The van der Waals surface area contributed by atoms with Crippen molar-refractivity contribution in [1.29, 1.82) is 0 Å². The number of rotatable bonds is 7. The predicted molar refractivity (Wildman–Crippen MR) is 74.2 cm³/mol. The number of sulfonamides is 1. The molecule has 0 radical (unpaired) electrons. The average molecular weight is 519 g/mol. The zero-order valence-corrected chi connectivity index (χ0v) is 14.8. The number of hydrogen-bond donors (Lipinski definition) is 1. The summed E-state index contributed by atoms with van der Waals surface area (Å²) in [5.41, 5.74) is 0. The largest absolute Gasteiger partial charge is 0.448 e. The number of alkyl halides is 9. The summed E-state index contributed by atoms with van der Waals surface area (Å²) < 4.78 is 125. The quantitative estimate of drug-likeness (QED) is 0.319. The zero-order chi connectivity index (χ0) is 19.9. The topological polar surface area (TPSA) is 72.5 Å². The van der Waals surface area contributed by atoms with Crippen LogP contribution < -0.4 is 4.72 Å². The molecule has 5 nitrogen and oxygen atoms in total. The van der Waals surface area contributed by atoms with Crippen molar-refractivity contribution in [1.82, 2.24) is 4.72 Å². The number of Topliss-reactive ketones (excluding diaryl/α,β-unsaturated/α-hetero) is 1. The van der Waals surface area contributed by atoms with E-state index in [1.165, 1.54) is 0 Å². The Morgan fingerprint density at radius 2 is 1.52 bits per heavy atom. The highest BCUT2D eigenvalue weighted by Gasteiger charge is 2.73. The van der Waals surface area contributed by atoms with Crippen LogP contribution in [0.25, 0.3) is 0 Å². The first-order valence-corrected chi connectivity index (χ1v) is 8.96. The molecule has 25 heavy (non-hydrogen) atoms. The Morgan fingerprint density at radius 3 is 1.96 bits per heavy atom. The van der Waals surface area contributed by atoms with E-state index < -0.39 is 43.2 Å². The van der Waals surface area contributed by atoms with Crippen molar-refractivity contribution in [2.75, 3.05) is 0 Å². The first-order valence-electron chi connectivity index (χ1n) is 6.39. The van der Waals surface area contributed by atoms with E-state index in [4.69, 9.17) is 0 Å². The first-order chi connectivity index (χ1) is 10.9. The van der Waals surface area contributed by atoms with E-state index in [-0.39, 0.29) is 41.9 Å². The molecule has 1 unspecified atom stereocenters. The molecule has 0 aromatic carbocycles. The van der Waals surface area contributed by atoms with Crippen molar-refractivity contribution in [2.24, 2.45) is 0 Å². The SMILES string of the molecule is O=C1CCCCC1NS(=O)(=O)C(F)(F)C(F)(F)OC(F)(F)C(F)(F)I. The lowest BCUT2D eigenvalue weighted by atomic mass is 9.95. The average Bonchev–Trinajstić information content (AvgIpc) is 2.38. The molecule has 0 spiro atoms. The van der Waals surface area contributed by atoms with Crippen LogP contribution in [0.3, 0.4) is 0 Å². The highest BCUT2D eigenvalue weighted by Crippen LogP contribution is 2.48. The molecule has 0 aromatic heterocycles. The van der Waals surface area contributed by atoms with E-state index >= 15 is 0 Å². The maximum absolute atomic E-state index is 13.6. The van der Waals surface area contributed by atoms with Crippen LogP contribution in [0.2, 0.25) is 0 Å². The molecule has 1 fully saturated rings. The molecule has 1 rings (SSSR count). The van der Waals surface area contributed by atoms with Gasteiger partial charge in [0, 0.05) is 29.0 Å². The van der Waals surface area contributed by atoms with Gasteiger partial charge in [0.15, 0.2) is 5.78 Å². The molecule has 1 aliphatic rings. The van der Waals surface area contributed by atoms with Gasteiger partial charge in [-0.15, -0.1) is 0 Å². The molecule has 15 heteroatoms. The van der Waals surface area contributed by atoms with Gasteiger partial charge in [-0.3, -0.25) is 4.79 Å². The molecule has 1 aliphatic carbocycles. The molecule has 0 amide bonds. The monoisotopic (exact) mass is 519 g/mol. The minimum atomic E-state index is -6.52. The minimum absolute atomic E-state index is 0.204. The van der Waals surface area contributed by atoms with Crippen LogP contribution in [0.5, 0.6) is 0 Å². The summed E-state index contributed by atoms with van der Waals surface area (Å²) in [5.74, 6) is -0.862. The summed E-state index contributed by atoms with van der Waals surface area (Å²) in [6.45, 7) is 0. The number of ketones is 1. The Hall–Kier alpha value is -0.290. The fourth-order valence-electron chi connectivity index (χ4n) is 1.80. The van der Waals surface area contributed by atoms with Gasteiger partial charge in [0.2, 0.25) is 0 Å². The molecule has 1 atom stereocenters. The van der Waals surface area contributed by atoms with Crippen molar-refractivity contribution in [3.63, 3.8) is 0 Å². The van der Waals surface area contributed by atoms with Gasteiger partial charge in [0.25, 0.3) is 10.0 Å². The molecule has 148 valence electrons. The molecule has 1 N–H and O–H groups in total. The fraction of sp³-hybridized carbons (Fsp3) is 0.900. The number of halogens is 9. The van der Waals surface area contributed by atoms with E-state index in [0.717, 1.165) is 4.72 Å². The van der Waals surface area contributed by atoms with E-state index in [1.54, 1.807) is 0 Å². The highest BCUT2D eigenvalue weighted by atomic mass is 127. The van der Waals surface area contributed by atoms with Gasteiger partial charge < -0.3 is 0 Å². The van der Waals surface area contributed by atoms with Gasteiger partial charge in [0.1, 0.15) is 0 Å². The van der Waals surface area contributed by atoms with Crippen LogP contribution in [0, 0.1) is 0 Å². The zero-order valence-electron chi connectivity index (χ0n) is 11.8. The molecule has 0 aliphatic heterocycles. The van der Waals surface area contributed by atoms with E-state index in [2.05, 4.69) is 4.74 Å². The third-order valence-corrected chi connectivity index (χ3v) is 5.25. The maximum atomic E-state index is 13.6. The third-order valence-electron chi connectivity index (χ3n) is 3.11. The van der Waals surface area contributed by atoms with Crippen molar-refractivity contribution < 1.29 is 53.1 Å². The van der Waals surface area contributed by atoms with Gasteiger partial charge >= 0.3 is 21.4 Å². The molecule has 0 bridgehead atoms. The summed E-state index contributed by atoms with van der Waals surface area (Å²) in [4.78, 5) is 11.4. The summed E-state index contributed by atoms with van der Waals surface area (Å²) in [5, 5.41) is -6.36. The van der Waals surface area contributed by atoms with Crippen molar-refractivity contribution in [3.05, 3.63) is 0 Å². The van der Waals surface area contributed by atoms with Gasteiger partial charge in [-0.25, -0.2) is 13.2 Å². The molecular weight excluding hydrogens is 509 g/mol. The van der Waals surface area contributed by atoms with Crippen LogP contribution in [0.15, 0.2) is 0 Å². The van der Waals surface area contributed by atoms with E-state index in [0.29, 0.717) is 6.42 Å². The van der Waals surface area contributed by atoms with Crippen LogP contribution in [-0.4, -0.2) is 41.6 Å². The number of nitrogens with one attached hydrogen (secondary N) is 1. The summed E-state index contributed by atoms with van der Waals surface area (Å²) in [7, 11) is -6.43. The first kappa shape index (κ1) is 22.8. The number of carbonyl (C=O) groups is 1. The second-order valence-corrected chi connectivity index (χ2v) is 8.15. The lowest BCUT2D eigenvalue weighted by Gasteiger charge is -2.31. The van der Waals surface area contributed by atoms with E-state index in [1.807, 2.05) is 0 Å². The normalized spacial score (nSPS) is 21.5. The Labute approximate surface area is 149 Å². The predicted octanol–water partition coefficient (Wildman–Crippen LogP) is 3.24. The number of ether oxygens (including phenoxy) is 1. The summed E-state index contributed by atoms with van der Waals surface area (Å²) in [6.07, 6.45) is -12.6. The van der Waals surface area contributed by atoms with Crippen LogP contribution >= 0.6 is 22.6 Å². The third kappa shape index (κ3) is 4.71. The lowest BCUT2D eigenvalue weighted by Crippen LogP contribution is -2.59. The van der Waals surface area contributed by atoms with Crippen molar-refractivity contribution in [2.45, 2.75) is 53.1 Å². The molecule has 0 aromatic rings. The smallest absolute Gasteiger partial charge is 0.298 e. The highest BCUT2D eigenvalue weighted by molar-refractivity contribution is 14.1. The lowest BCUT2D eigenvalue weighted by molar-refractivity contribution is -0.438. The Kier molecular flexibility index (Phi) is 6.40. The fourth-order valence-corrected chi connectivity index (χ4v) is 3.04. The Balaban J connectivity index is 3.08. The Morgan fingerprint density at radius 1 is 1.00 bits per heavy atom. The van der Waals surface area contributed by atoms with Gasteiger partial charge in [-0.1, -0.05) is 6.42 Å². The standard InChI is InChI=1S/C10H10F8INO4S/c11-7(12,19)8(13,14)24-9(15,16)10(17,18)25(22,23)20-5-3-1-2-4-6(5)21/h5,20H,1-4H2. The summed E-state index contributed by atoms with van der Waals surface area (Å²) in [6, 6.07) is -1.76. The van der Waals surface area contributed by atoms with Gasteiger partial charge in [0.05, 0.1) is 6.04 Å². The minimum Gasteiger partial charge on any atom is -0.298 e. The number of carbonyl (C=O) groups excluding carboxylic acids is 1. The molecule has 0 heterocycles. The van der Waals surface area contributed by atoms with Gasteiger partial charge in [-0.05, 0) is 12.8 Å². The second kappa shape index (κ2) is 7.03. The number of hydrogen-bond acceptors (Lipinski definition) is 4. The van der Waals surface area contributed by atoms with Crippen LogP contribution in [0.4, 0.5) is 35.1 Å². The van der Waals surface area contributed by atoms with Crippen molar-refractivity contribution >= 4 is 38.4 Å². The summed E-state index contributed by atoms with van der Waals surface area (Å²) >= 11 is -0.341. The maximum Gasteiger partial charge on any atom is 0.448 e. The molecular formula is C10H10F8INO4S. The van der Waals surface area contributed by atoms with Crippen LogP contribution in [-0.2, 0) is 19.6 Å². The van der Waals surface area contributed by atoms with E-state index in [9.17, 15) is 48.3 Å². The van der Waals surface area contributed by atoms with Gasteiger partial charge in [-0.2, -0.15) is 39.8 Å². The molecule has 0 saturated heterocycles. The second-order valence-electron chi connectivity index (χ2n) is 5.04. The Bertz CT molecular complexity index is 621. The van der Waals surface area contributed by atoms with Crippen molar-refractivity contribution in [3.8, 4) is 0 Å². The van der Waals surface area contributed by atoms with Crippen LogP contribution in [0.1, 0.15) is 25.7 Å².